The zero-order valence-electron chi connectivity index (χ0n) is 19.1. The molecule has 1 aromatic heterocycles. The summed E-state index contributed by atoms with van der Waals surface area (Å²) in [6.07, 6.45) is -0.429. The highest BCUT2D eigenvalue weighted by atomic mass is 19.1. The minimum absolute atomic E-state index is 0.0747. The van der Waals surface area contributed by atoms with Gasteiger partial charge >= 0.3 is 0 Å². The van der Waals surface area contributed by atoms with Gasteiger partial charge in [0.1, 0.15) is 29.1 Å². The molecule has 0 aliphatic carbocycles. The molecule has 4 aromatic rings. The average molecular weight is 474 g/mol. The van der Waals surface area contributed by atoms with Gasteiger partial charge in [0.2, 0.25) is 5.78 Å². The number of carbonyl (C=O) groups is 1. The molecule has 3 aromatic carbocycles. The Balaban J connectivity index is 1.62. The van der Waals surface area contributed by atoms with Crippen LogP contribution < -0.4 is 0 Å². The Morgan fingerprint density at radius 1 is 1.11 bits per heavy atom. The van der Waals surface area contributed by atoms with Crippen molar-refractivity contribution in [3.05, 3.63) is 101 Å². The van der Waals surface area contributed by atoms with Crippen molar-refractivity contribution >= 4 is 28.1 Å². The van der Waals surface area contributed by atoms with E-state index in [4.69, 9.17) is 14.2 Å². The van der Waals surface area contributed by atoms with Crippen LogP contribution in [0.2, 0.25) is 0 Å². The molecule has 0 bridgehead atoms. The average Bonchev–Trinajstić information content (AvgIpc) is 3.48. The molecule has 5 rings (SSSR count). The van der Waals surface area contributed by atoms with Gasteiger partial charge in [-0.2, -0.15) is 0 Å². The molecule has 35 heavy (non-hydrogen) atoms. The number of nitrogens with one attached hydrogen (secondary N) is 1. The third kappa shape index (κ3) is 4.46. The van der Waals surface area contributed by atoms with E-state index in [-0.39, 0.29) is 29.3 Å². The topological polar surface area (TPSA) is 93.7 Å². The van der Waals surface area contributed by atoms with E-state index < -0.39 is 23.7 Å². The number of ether oxygens (including phenoxy) is 3. The van der Waals surface area contributed by atoms with Crippen LogP contribution in [-0.4, -0.2) is 40.5 Å². The Labute approximate surface area is 200 Å². The highest BCUT2D eigenvalue weighted by Crippen LogP contribution is 2.35. The van der Waals surface area contributed by atoms with Gasteiger partial charge in [0.25, 0.3) is 5.97 Å². The number of methoxy groups -OCH3 is 1. The Hall–Kier alpha value is -3.85. The lowest BCUT2D eigenvalue weighted by Gasteiger charge is -2.20. The quantitative estimate of drug-likeness (QED) is 0.220. The number of halogens is 1. The Bertz CT molecular complexity index is 1410. The van der Waals surface area contributed by atoms with E-state index in [2.05, 4.69) is 9.97 Å². The molecule has 2 unspecified atom stereocenters. The number of aromatic amines is 1. The summed E-state index contributed by atoms with van der Waals surface area (Å²) < 4.78 is 30.6. The lowest BCUT2D eigenvalue weighted by atomic mass is 9.97. The minimum Gasteiger partial charge on any atom is -0.506 e. The highest BCUT2D eigenvalue weighted by molar-refractivity contribution is 6.33. The normalized spacial score (nSPS) is 20.7. The molecule has 2 N–H and O–H groups in total. The number of Topliss-reactive ketones (excluding diaryl/α,β-unsaturated/α-hetero) is 1. The molecule has 1 aliphatic rings. The predicted molar refractivity (Wildman–Crippen MR) is 128 cm³/mol. The maximum atomic E-state index is 13.9. The second-order valence-electron chi connectivity index (χ2n) is 8.28. The van der Waals surface area contributed by atoms with Crippen molar-refractivity contribution < 1.29 is 28.5 Å². The van der Waals surface area contributed by atoms with Crippen molar-refractivity contribution in [2.45, 2.75) is 19.0 Å². The number of benzene rings is 3. The fraction of sp³-hybridized carbons (Fsp3) is 0.185. The van der Waals surface area contributed by atoms with Gasteiger partial charge < -0.3 is 24.3 Å². The molecule has 2 atom stereocenters. The lowest BCUT2D eigenvalue weighted by molar-refractivity contribution is -0.314. The van der Waals surface area contributed by atoms with Crippen molar-refractivity contribution in [1.82, 2.24) is 9.97 Å². The first kappa shape index (κ1) is 22.9. The molecule has 1 saturated heterocycles. The molecule has 0 saturated carbocycles. The first-order valence-corrected chi connectivity index (χ1v) is 11.0. The second kappa shape index (κ2) is 9.07. The van der Waals surface area contributed by atoms with Crippen LogP contribution in [0.1, 0.15) is 40.3 Å². The smallest absolute Gasteiger partial charge is 0.280 e. The van der Waals surface area contributed by atoms with Crippen molar-refractivity contribution in [1.29, 1.82) is 0 Å². The van der Waals surface area contributed by atoms with Gasteiger partial charge in [-0.1, -0.05) is 42.5 Å². The predicted octanol–water partition coefficient (Wildman–Crippen LogP) is 5.42. The number of fused-ring (bicyclic) bond motifs is 1. The summed E-state index contributed by atoms with van der Waals surface area (Å²) in [4.78, 5) is 21.2. The van der Waals surface area contributed by atoms with Crippen molar-refractivity contribution in [3.63, 3.8) is 0 Å². The SMILES string of the molecule is COC1(C)OCC(c2cccc(C(O)=C(C(=O)c3cccc(F)c3)c3nc4ccccc4[nH]3)c2)O1. The van der Waals surface area contributed by atoms with Crippen LogP contribution in [-0.2, 0) is 14.2 Å². The van der Waals surface area contributed by atoms with Crippen molar-refractivity contribution in [2.24, 2.45) is 0 Å². The van der Waals surface area contributed by atoms with Gasteiger partial charge in [-0.3, -0.25) is 4.79 Å². The van der Waals surface area contributed by atoms with Gasteiger partial charge in [-0.05, 0) is 35.9 Å². The lowest BCUT2D eigenvalue weighted by Crippen LogP contribution is -2.27. The number of para-hydroxylation sites is 2. The standard InChI is InChI=1S/C27H23FN2O5/c1-27(33-2)34-15-22(35-27)16-7-5-8-17(13-16)24(31)23(25(32)18-9-6-10-19(28)14-18)26-29-20-11-3-4-12-21(20)30-26/h3-14,22,31H,15H2,1-2H3,(H,29,30). The van der Waals surface area contributed by atoms with Crippen LogP contribution in [0.5, 0.6) is 0 Å². The number of ketones is 1. The van der Waals surface area contributed by atoms with E-state index in [1.54, 1.807) is 31.2 Å². The largest absolute Gasteiger partial charge is 0.506 e. The first-order chi connectivity index (χ1) is 16.9. The summed E-state index contributed by atoms with van der Waals surface area (Å²) in [5, 5.41) is 11.4. The van der Waals surface area contributed by atoms with E-state index in [0.29, 0.717) is 16.6 Å². The van der Waals surface area contributed by atoms with Crippen LogP contribution in [0.25, 0.3) is 22.4 Å². The maximum Gasteiger partial charge on any atom is 0.280 e. The van der Waals surface area contributed by atoms with E-state index in [1.807, 2.05) is 24.3 Å². The molecule has 0 amide bonds. The van der Waals surface area contributed by atoms with Crippen molar-refractivity contribution in [2.75, 3.05) is 13.7 Å². The number of allylic oxidation sites excluding steroid dienone is 1. The molecule has 0 radical (unpaired) electrons. The van der Waals surface area contributed by atoms with Crippen LogP contribution >= 0.6 is 0 Å². The zero-order chi connectivity index (χ0) is 24.6. The Morgan fingerprint density at radius 3 is 2.63 bits per heavy atom. The third-order valence-electron chi connectivity index (χ3n) is 5.93. The van der Waals surface area contributed by atoms with Gasteiger partial charge in [0, 0.05) is 25.2 Å². The maximum absolute atomic E-state index is 13.9. The molecule has 8 heteroatoms. The van der Waals surface area contributed by atoms with E-state index in [1.165, 1.54) is 25.3 Å². The molecule has 1 fully saturated rings. The number of aliphatic hydroxyl groups is 1. The molecule has 7 nitrogen and oxygen atoms in total. The zero-order valence-corrected chi connectivity index (χ0v) is 19.1. The highest BCUT2D eigenvalue weighted by Gasteiger charge is 2.38. The fourth-order valence-electron chi connectivity index (χ4n) is 4.03. The van der Waals surface area contributed by atoms with E-state index >= 15 is 0 Å². The number of imidazole rings is 1. The van der Waals surface area contributed by atoms with E-state index in [9.17, 15) is 14.3 Å². The Morgan fingerprint density at radius 2 is 1.89 bits per heavy atom. The van der Waals surface area contributed by atoms with Crippen LogP contribution in [0.15, 0.2) is 72.8 Å². The third-order valence-corrected chi connectivity index (χ3v) is 5.93. The van der Waals surface area contributed by atoms with Gasteiger partial charge in [0.05, 0.1) is 17.6 Å². The summed E-state index contributed by atoms with van der Waals surface area (Å²) in [6, 6.07) is 19.6. The number of rotatable bonds is 6. The fourth-order valence-corrected chi connectivity index (χ4v) is 4.03. The van der Waals surface area contributed by atoms with Crippen LogP contribution in [0, 0.1) is 5.82 Å². The number of hydrogen-bond acceptors (Lipinski definition) is 6. The minimum atomic E-state index is -1.16. The number of carbonyl (C=O) groups excluding carboxylic acids is 1. The molecule has 178 valence electrons. The number of nitrogens with zero attached hydrogens (tertiary/aromatic N) is 1. The van der Waals surface area contributed by atoms with Gasteiger partial charge in [-0.15, -0.1) is 0 Å². The number of aromatic nitrogens is 2. The molecule has 2 heterocycles. The molecular formula is C27H23FN2O5. The molecular weight excluding hydrogens is 451 g/mol. The van der Waals surface area contributed by atoms with Gasteiger partial charge in [-0.25, -0.2) is 9.37 Å². The Kier molecular flexibility index (Phi) is 5.94. The number of hydrogen-bond donors (Lipinski definition) is 2. The van der Waals surface area contributed by atoms with Crippen LogP contribution in [0.4, 0.5) is 4.39 Å². The summed E-state index contributed by atoms with van der Waals surface area (Å²) in [5.74, 6) is -2.41. The summed E-state index contributed by atoms with van der Waals surface area (Å²) >= 11 is 0. The second-order valence-corrected chi connectivity index (χ2v) is 8.28. The van der Waals surface area contributed by atoms with Gasteiger partial charge in [0.15, 0.2) is 0 Å². The number of H-pyrrole nitrogens is 1. The summed E-state index contributed by atoms with van der Waals surface area (Å²) in [7, 11) is 1.49. The monoisotopic (exact) mass is 474 g/mol. The van der Waals surface area contributed by atoms with Crippen LogP contribution in [0.3, 0.4) is 0 Å². The van der Waals surface area contributed by atoms with Crippen molar-refractivity contribution in [3.8, 4) is 0 Å². The summed E-state index contributed by atoms with van der Waals surface area (Å²) in [5.41, 5.74) is 2.45. The molecule has 0 spiro atoms. The number of aliphatic hydroxyl groups excluding tert-OH is 1. The molecule has 1 aliphatic heterocycles. The summed E-state index contributed by atoms with van der Waals surface area (Å²) in [6.45, 7) is 1.93. The first-order valence-electron chi connectivity index (χ1n) is 11.0. The van der Waals surface area contributed by atoms with E-state index in [0.717, 1.165) is 11.6 Å².